The van der Waals surface area contributed by atoms with E-state index >= 15 is 0 Å². The van der Waals surface area contributed by atoms with Crippen LogP contribution in [-0.2, 0) is 4.79 Å². The van der Waals surface area contributed by atoms with Gasteiger partial charge in [-0.25, -0.2) is 0 Å². The molecule has 0 spiro atoms. The van der Waals surface area contributed by atoms with Gasteiger partial charge in [0.15, 0.2) is 0 Å². The molecule has 1 aromatic rings. The van der Waals surface area contributed by atoms with Gasteiger partial charge in [0.05, 0.1) is 12.0 Å². The second-order valence-electron chi connectivity index (χ2n) is 4.27. The first-order chi connectivity index (χ1) is 8.50. The summed E-state index contributed by atoms with van der Waals surface area (Å²) in [7, 11) is 0. The lowest BCUT2D eigenvalue weighted by molar-refractivity contribution is -0.145. The molecule has 1 aliphatic rings. The van der Waals surface area contributed by atoms with E-state index in [1.54, 1.807) is 6.07 Å². The fourth-order valence-corrected chi connectivity index (χ4v) is 3.99. The number of thiophene rings is 1. The summed E-state index contributed by atoms with van der Waals surface area (Å²) in [6, 6.07) is 1.76. The zero-order valence-electron chi connectivity index (χ0n) is 9.35. The van der Waals surface area contributed by atoms with Gasteiger partial charge in [0.2, 0.25) is 0 Å². The zero-order valence-corrected chi connectivity index (χ0v) is 12.5. The standard InChI is InChI=1S/C12H12BrClO3S/c13-8-5-9(18-11(8)14)10(15)6-3-1-2-4-7(6)12(16)17/h1-2,5-7,10,15H,3-4H2,(H,16,17). The molecule has 0 radical (unpaired) electrons. The van der Waals surface area contributed by atoms with E-state index < -0.39 is 18.0 Å². The van der Waals surface area contributed by atoms with Gasteiger partial charge in [-0.1, -0.05) is 23.8 Å². The minimum absolute atomic E-state index is 0.297. The molecule has 1 heterocycles. The van der Waals surface area contributed by atoms with Gasteiger partial charge in [0.25, 0.3) is 0 Å². The molecule has 98 valence electrons. The lowest BCUT2D eigenvalue weighted by atomic mass is 9.79. The number of carboxylic acids is 1. The van der Waals surface area contributed by atoms with Crippen LogP contribution >= 0.6 is 38.9 Å². The lowest BCUT2D eigenvalue weighted by Gasteiger charge is -2.28. The van der Waals surface area contributed by atoms with Gasteiger partial charge in [-0.3, -0.25) is 4.79 Å². The molecule has 2 rings (SSSR count). The van der Waals surface area contributed by atoms with Crippen molar-refractivity contribution in [1.29, 1.82) is 0 Å². The molecular weight excluding hydrogens is 340 g/mol. The van der Waals surface area contributed by atoms with Crippen LogP contribution in [0, 0.1) is 11.8 Å². The molecule has 0 saturated heterocycles. The highest BCUT2D eigenvalue weighted by Gasteiger charge is 2.35. The summed E-state index contributed by atoms with van der Waals surface area (Å²) in [4.78, 5) is 11.9. The summed E-state index contributed by atoms with van der Waals surface area (Å²) >= 11 is 10.5. The average Bonchev–Trinajstić information content (AvgIpc) is 2.68. The van der Waals surface area contributed by atoms with Crippen LogP contribution in [0.3, 0.4) is 0 Å². The fourth-order valence-electron chi connectivity index (χ4n) is 2.19. The molecule has 0 aromatic carbocycles. The van der Waals surface area contributed by atoms with Crippen molar-refractivity contribution in [2.45, 2.75) is 18.9 Å². The molecule has 0 bridgehead atoms. The summed E-state index contributed by atoms with van der Waals surface area (Å²) in [5.74, 6) is -1.69. The number of carbonyl (C=O) groups is 1. The number of carboxylic acid groups (broad SMARTS) is 1. The Hall–Kier alpha value is -0.360. The van der Waals surface area contributed by atoms with Gasteiger partial charge in [0, 0.05) is 15.3 Å². The number of aliphatic hydroxyl groups excluding tert-OH is 1. The quantitative estimate of drug-likeness (QED) is 0.813. The number of hydrogen-bond donors (Lipinski definition) is 2. The molecule has 0 fully saturated rings. The maximum Gasteiger partial charge on any atom is 0.307 e. The number of aliphatic carboxylic acids is 1. The maximum absolute atomic E-state index is 11.2. The third-order valence-electron chi connectivity index (χ3n) is 3.16. The average molecular weight is 352 g/mol. The fraction of sp³-hybridized carbons (Fsp3) is 0.417. The Labute approximate surface area is 122 Å². The summed E-state index contributed by atoms with van der Waals surface area (Å²) in [5, 5.41) is 19.5. The Kier molecular flexibility index (Phi) is 4.48. The molecule has 0 aliphatic heterocycles. The number of rotatable bonds is 3. The van der Waals surface area contributed by atoms with Crippen LogP contribution in [0.15, 0.2) is 22.7 Å². The van der Waals surface area contributed by atoms with Gasteiger partial charge >= 0.3 is 5.97 Å². The predicted molar refractivity (Wildman–Crippen MR) is 75.0 cm³/mol. The van der Waals surface area contributed by atoms with Crippen LogP contribution in [0.5, 0.6) is 0 Å². The highest BCUT2D eigenvalue weighted by atomic mass is 79.9. The Bertz CT molecular complexity index is 466. The van der Waals surface area contributed by atoms with Crippen molar-refractivity contribution in [3.8, 4) is 0 Å². The van der Waals surface area contributed by atoms with Crippen LogP contribution in [0.2, 0.25) is 4.34 Å². The summed E-state index contributed by atoms with van der Waals surface area (Å²) in [5.41, 5.74) is 0. The topological polar surface area (TPSA) is 57.5 Å². The molecule has 3 nitrogen and oxygen atoms in total. The molecule has 3 atom stereocenters. The van der Waals surface area contributed by atoms with E-state index in [2.05, 4.69) is 15.9 Å². The van der Waals surface area contributed by atoms with E-state index in [1.165, 1.54) is 11.3 Å². The molecular formula is C12H12BrClO3S. The largest absolute Gasteiger partial charge is 0.481 e. The van der Waals surface area contributed by atoms with Crippen molar-refractivity contribution in [3.05, 3.63) is 31.9 Å². The lowest BCUT2D eigenvalue weighted by Crippen LogP contribution is -2.29. The van der Waals surface area contributed by atoms with Crippen molar-refractivity contribution in [3.63, 3.8) is 0 Å². The zero-order chi connectivity index (χ0) is 13.3. The molecule has 0 saturated carbocycles. The first-order valence-electron chi connectivity index (χ1n) is 5.51. The minimum atomic E-state index is -0.856. The van der Waals surface area contributed by atoms with Crippen molar-refractivity contribution in [2.24, 2.45) is 11.8 Å². The number of hydrogen-bond acceptors (Lipinski definition) is 3. The van der Waals surface area contributed by atoms with Crippen molar-refractivity contribution in [2.75, 3.05) is 0 Å². The molecule has 1 aliphatic carbocycles. The van der Waals surface area contributed by atoms with E-state index in [9.17, 15) is 15.0 Å². The van der Waals surface area contributed by atoms with Crippen molar-refractivity contribution < 1.29 is 15.0 Å². The normalized spacial score (nSPS) is 25.1. The smallest absolute Gasteiger partial charge is 0.307 e. The van der Waals surface area contributed by atoms with Gasteiger partial charge in [0.1, 0.15) is 4.34 Å². The van der Waals surface area contributed by atoms with E-state index in [0.717, 1.165) is 4.47 Å². The van der Waals surface area contributed by atoms with Crippen LogP contribution in [0.1, 0.15) is 23.8 Å². The maximum atomic E-state index is 11.2. The molecule has 6 heteroatoms. The third kappa shape index (κ3) is 2.79. The molecule has 2 N–H and O–H groups in total. The monoisotopic (exact) mass is 350 g/mol. The van der Waals surface area contributed by atoms with Crippen molar-refractivity contribution >= 4 is 44.8 Å². The molecule has 0 amide bonds. The molecule has 3 unspecified atom stereocenters. The second kappa shape index (κ2) is 5.74. The van der Waals surface area contributed by atoms with Crippen LogP contribution in [0.25, 0.3) is 0 Å². The van der Waals surface area contributed by atoms with E-state index in [-0.39, 0.29) is 5.92 Å². The van der Waals surface area contributed by atoms with Gasteiger partial charge in [-0.05, 0) is 34.8 Å². The van der Waals surface area contributed by atoms with Gasteiger partial charge in [-0.15, -0.1) is 11.3 Å². The summed E-state index contributed by atoms with van der Waals surface area (Å²) < 4.78 is 1.31. The van der Waals surface area contributed by atoms with E-state index in [0.29, 0.717) is 22.1 Å². The van der Waals surface area contributed by atoms with E-state index in [4.69, 9.17) is 11.6 Å². The Morgan fingerprint density at radius 2 is 2.17 bits per heavy atom. The number of halogens is 2. The first kappa shape index (κ1) is 14.1. The Balaban J connectivity index is 2.23. The predicted octanol–water partition coefficient (Wildman–Crippen LogP) is 3.86. The van der Waals surface area contributed by atoms with Gasteiger partial charge < -0.3 is 10.2 Å². The molecule has 1 aromatic heterocycles. The Morgan fingerprint density at radius 3 is 2.72 bits per heavy atom. The van der Waals surface area contributed by atoms with Crippen molar-refractivity contribution in [1.82, 2.24) is 0 Å². The third-order valence-corrected chi connectivity index (χ3v) is 5.71. The molecule has 18 heavy (non-hydrogen) atoms. The second-order valence-corrected chi connectivity index (χ2v) is 6.81. The SMILES string of the molecule is O=C(O)C1CC=CCC1C(O)c1cc(Br)c(Cl)s1. The minimum Gasteiger partial charge on any atom is -0.481 e. The summed E-state index contributed by atoms with van der Waals surface area (Å²) in [6.45, 7) is 0. The van der Waals surface area contributed by atoms with Crippen LogP contribution < -0.4 is 0 Å². The number of allylic oxidation sites excluding steroid dienone is 2. The number of aliphatic hydroxyl groups is 1. The summed E-state index contributed by atoms with van der Waals surface area (Å²) in [6.07, 6.45) is 4.05. The van der Waals surface area contributed by atoms with Gasteiger partial charge in [-0.2, -0.15) is 0 Å². The highest BCUT2D eigenvalue weighted by molar-refractivity contribution is 9.10. The highest BCUT2D eigenvalue weighted by Crippen LogP contribution is 2.42. The first-order valence-corrected chi connectivity index (χ1v) is 7.50. The van der Waals surface area contributed by atoms with Crippen LogP contribution in [-0.4, -0.2) is 16.2 Å². The Morgan fingerprint density at radius 1 is 1.50 bits per heavy atom. The van der Waals surface area contributed by atoms with Crippen LogP contribution in [0.4, 0.5) is 0 Å². The van der Waals surface area contributed by atoms with E-state index in [1.807, 2.05) is 12.2 Å².